The van der Waals surface area contributed by atoms with Crippen molar-refractivity contribution >= 4 is 5.91 Å². The van der Waals surface area contributed by atoms with Crippen LogP contribution >= 0.6 is 0 Å². The molecule has 20 heavy (non-hydrogen) atoms. The van der Waals surface area contributed by atoms with Gasteiger partial charge in [-0.15, -0.1) is 0 Å². The molecular formula is C16H32N2O2. The molecular weight excluding hydrogens is 252 g/mol. The maximum atomic E-state index is 12.2. The van der Waals surface area contributed by atoms with Crippen LogP contribution in [0.15, 0.2) is 0 Å². The van der Waals surface area contributed by atoms with Crippen LogP contribution in [0.1, 0.15) is 53.9 Å². The Balaban J connectivity index is 2.45. The van der Waals surface area contributed by atoms with Crippen molar-refractivity contribution in [1.29, 1.82) is 0 Å². The summed E-state index contributed by atoms with van der Waals surface area (Å²) in [6, 6.07) is 0.312. The van der Waals surface area contributed by atoms with Gasteiger partial charge in [-0.1, -0.05) is 33.6 Å². The van der Waals surface area contributed by atoms with E-state index in [0.29, 0.717) is 31.0 Å². The van der Waals surface area contributed by atoms with Crippen LogP contribution < -0.4 is 5.32 Å². The molecule has 0 radical (unpaired) electrons. The van der Waals surface area contributed by atoms with Crippen LogP contribution in [0.5, 0.6) is 0 Å². The quantitative estimate of drug-likeness (QED) is 0.784. The third-order valence-corrected chi connectivity index (χ3v) is 4.48. The topological polar surface area (TPSA) is 52.6 Å². The van der Waals surface area contributed by atoms with E-state index in [1.165, 1.54) is 12.8 Å². The van der Waals surface area contributed by atoms with Gasteiger partial charge in [0, 0.05) is 12.6 Å². The summed E-state index contributed by atoms with van der Waals surface area (Å²) in [5, 5.41) is 13.0. The second-order valence-corrected chi connectivity index (χ2v) is 7.06. The Morgan fingerprint density at radius 1 is 1.35 bits per heavy atom. The zero-order valence-electron chi connectivity index (χ0n) is 13.8. The molecule has 1 amide bonds. The van der Waals surface area contributed by atoms with Crippen molar-refractivity contribution in [2.45, 2.75) is 65.5 Å². The SMILES string of the molecule is CCN(CC(=O)NC1CCCC(C)C1C)CC(C)(C)O. The van der Waals surface area contributed by atoms with E-state index >= 15 is 0 Å². The van der Waals surface area contributed by atoms with Crippen LogP contribution in [0.3, 0.4) is 0 Å². The van der Waals surface area contributed by atoms with E-state index in [1.807, 2.05) is 11.8 Å². The second-order valence-electron chi connectivity index (χ2n) is 7.06. The number of carbonyl (C=O) groups is 1. The fourth-order valence-corrected chi connectivity index (χ4v) is 3.07. The highest BCUT2D eigenvalue weighted by Crippen LogP contribution is 2.29. The highest BCUT2D eigenvalue weighted by Gasteiger charge is 2.28. The van der Waals surface area contributed by atoms with Crippen LogP contribution in [0, 0.1) is 11.8 Å². The van der Waals surface area contributed by atoms with E-state index in [9.17, 15) is 9.90 Å². The van der Waals surface area contributed by atoms with Gasteiger partial charge in [0.2, 0.25) is 5.91 Å². The van der Waals surface area contributed by atoms with Crippen molar-refractivity contribution in [3.63, 3.8) is 0 Å². The van der Waals surface area contributed by atoms with Crippen LogP contribution in [-0.4, -0.2) is 47.2 Å². The zero-order valence-corrected chi connectivity index (χ0v) is 13.8. The second kappa shape index (κ2) is 7.41. The Labute approximate surface area is 123 Å². The van der Waals surface area contributed by atoms with Gasteiger partial charge in [0.25, 0.3) is 0 Å². The lowest BCUT2D eigenvalue weighted by molar-refractivity contribution is -0.124. The monoisotopic (exact) mass is 284 g/mol. The van der Waals surface area contributed by atoms with E-state index < -0.39 is 5.60 Å². The number of amides is 1. The molecule has 0 heterocycles. The fourth-order valence-electron chi connectivity index (χ4n) is 3.07. The van der Waals surface area contributed by atoms with Crippen LogP contribution in [0.4, 0.5) is 0 Å². The van der Waals surface area contributed by atoms with Gasteiger partial charge in [-0.25, -0.2) is 0 Å². The van der Waals surface area contributed by atoms with Crippen molar-refractivity contribution < 1.29 is 9.90 Å². The summed E-state index contributed by atoms with van der Waals surface area (Å²) >= 11 is 0. The molecule has 1 fully saturated rings. The van der Waals surface area contributed by atoms with Gasteiger partial charge in [-0.05, 0) is 38.6 Å². The average molecular weight is 284 g/mol. The first-order chi connectivity index (χ1) is 9.23. The summed E-state index contributed by atoms with van der Waals surface area (Å²) in [7, 11) is 0. The number of nitrogens with one attached hydrogen (secondary N) is 1. The Morgan fingerprint density at radius 2 is 2.00 bits per heavy atom. The fraction of sp³-hybridized carbons (Fsp3) is 0.938. The Bertz CT molecular complexity index is 312. The van der Waals surface area contributed by atoms with Gasteiger partial charge >= 0.3 is 0 Å². The van der Waals surface area contributed by atoms with E-state index in [0.717, 1.165) is 13.0 Å². The maximum absolute atomic E-state index is 12.2. The summed E-state index contributed by atoms with van der Waals surface area (Å²) in [5.41, 5.74) is -0.761. The first-order valence-corrected chi connectivity index (χ1v) is 7.97. The largest absolute Gasteiger partial charge is 0.389 e. The molecule has 0 aliphatic heterocycles. The van der Waals surface area contributed by atoms with Gasteiger partial charge < -0.3 is 10.4 Å². The van der Waals surface area contributed by atoms with Gasteiger partial charge in [0.1, 0.15) is 0 Å². The summed E-state index contributed by atoms with van der Waals surface area (Å²) in [5.74, 6) is 1.33. The number of nitrogens with zero attached hydrogens (tertiary/aromatic N) is 1. The maximum Gasteiger partial charge on any atom is 0.234 e. The number of aliphatic hydroxyl groups is 1. The number of rotatable bonds is 6. The van der Waals surface area contributed by atoms with Gasteiger partial charge in [0.15, 0.2) is 0 Å². The normalized spacial score (nSPS) is 27.6. The molecule has 0 bridgehead atoms. The van der Waals surface area contributed by atoms with E-state index in [2.05, 4.69) is 19.2 Å². The first-order valence-electron chi connectivity index (χ1n) is 7.97. The van der Waals surface area contributed by atoms with Crippen molar-refractivity contribution in [2.75, 3.05) is 19.6 Å². The summed E-state index contributed by atoms with van der Waals surface area (Å²) in [4.78, 5) is 14.2. The molecule has 3 atom stereocenters. The van der Waals surface area contributed by atoms with Crippen LogP contribution in [-0.2, 0) is 4.79 Å². The molecule has 4 nitrogen and oxygen atoms in total. The highest BCUT2D eigenvalue weighted by molar-refractivity contribution is 5.78. The zero-order chi connectivity index (χ0) is 15.3. The molecule has 0 aromatic heterocycles. The number of hydrogen-bond donors (Lipinski definition) is 2. The number of likely N-dealkylation sites (N-methyl/N-ethyl adjacent to an activating group) is 1. The van der Waals surface area contributed by atoms with Crippen molar-refractivity contribution in [3.8, 4) is 0 Å². The standard InChI is InChI=1S/C16H32N2O2/c1-6-18(11-16(4,5)20)10-15(19)17-14-9-7-8-12(2)13(14)3/h12-14,20H,6-11H2,1-5H3,(H,17,19). The molecule has 1 aliphatic rings. The molecule has 0 spiro atoms. The molecule has 4 heteroatoms. The number of carbonyl (C=O) groups excluding carboxylic acids is 1. The minimum atomic E-state index is -0.761. The van der Waals surface area contributed by atoms with Crippen LogP contribution in [0.25, 0.3) is 0 Å². The highest BCUT2D eigenvalue weighted by atomic mass is 16.3. The molecule has 1 aliphatic carbocycles. The number of hydrogen-bond acceptors (Lipinski definition) is 3. The summed E-state index contributed by atoms with van der Waals surface area (Å²) in [6.07, 6.45) is 3.57. The van der Waals surface area contributed by atoms with Crippen molar-refractivity contribution in [2.24, 2.45) is 11.8 Å². The predicted molar refractivity (Wildman–Crippen MR) is 82.5 cm³/mol. The van der Waals surface area contributed by atoms with Gasteiger partial charge in [-0.2, -0.15) is 0 Å². The van der Waals surface area contributed by atoms with Gasteiger partial charge in [0.05, 0.1) is 12.1 Å². The molecule has 0 aromatic rings. The van der Waals surface area contributed by atoms with E-state index in [4.69, 9.17) is 0 Å². The third kappa shape index (κ3) is 5.80. The molecule has 1 rings (SSSR count). The molecule has 1 saturated carbocycles. The predicted octanol–water partition coefficient (Wildman–Crippen LogP) is 2.02. The Morgan fingerprint density at radius 3 is 2.55 bits per heavy atom. The smallest absolute Gasteiger partial charge is 0.234 e. The van der Waals surface area contributed by atoms with Crippen molar-refractivity contribution in [1.82, 2.24) is 10.2 Å². The Hall–Kier alpha value is -0.610. The van der Waals surface area contributed by atoms with Gasteiger partial charge in [-0.3, -0.25) is 9.69 Å². The lowest BCUT2D eigenvalue weighted by Gasteiger charge is -2.35. The minimum absolute atomic E-state index is 0.0852. The Kier molecular flexibility index (Phi) is 6.46. The molecule has 118 valence electrons. The summed E-state index contributed by atoms with van der Waals surface area (Å²) in [6.45, 7) is 11.7. The minimum Gasteiger partial charge on any atom is -0.389 e. The molecule has 0 aromatic carbocycles. The van der Waals surface area contributed by atoms with Crippen molar-refractivity contribution in [3.05, 3.63) is 0 Å². The van der Waals surface area contributed by atoms with E-state index in [-0.39, 0.29) is 5.91 Å². The first kappa shape index (κ1) is 17.4. The third-order valence-electron chi connectivity index (χ3n) is 4.48. The van der Waals surface area contributed by atoms with Crippen LogP contribution in [0.2, 0.25) is 0 Å². The molecule has 0 saturated heterocycles. The molecule has 2 N–H and O–H groups in total. The molecule has 3 unspecified atom stereocenters. The van der Waals surface area contributed by atoms with E-state index in [1.54, 1.807) is 13.8 Å². The average Bonchev–Trinajstić information content (AvgIpc) is 2.32. The lowest BCUT2D eigenvalue weighted by Crippen LogP contribution is -2.49. The summed E-state index contributed by atoms with van der Waals surface area (Å²) < 4.78 is 0. The lowest BCUT2D eigenvalue weighted by atomic mass is 9.78.